The van der Waals surface area contributed by atoms with E-state index in [1.807, 2.05) is 0 Å². The van der Waals surface area contributed by atoms with E-state index in [2.05, 4.69) is 20.6 Å². The number of aryl methyl sites for hydroxylation is 1. The quantitative estimate of drug-likeness (QED) is 0.490. The number of hydrogen-bond donors (Lipinski definition) is 2. The van der Waals surface area contributed by atoms with Gasteiger partial charge >= 0.3 is 5.97 Å². The molecule has 0 radical (unpaired) electrons. The number of carbonyl (C=O) groups is 2. The Bertz CT molecular complexity index is 1120. The van der Waals surface area contributed by atoms with Crippen molar-refractivity contribution in [2.24, 2.45) is 0 Å². The average molecular weight is 469 g/mol. The number of halogens is 2. The smallest absolute Gasteiger partial charge is 0.325 e. The van der Waals surface area contributed by atoms with Gasteiger partial charge in [0, 0.05) is 5.38 Å². The molecular weight excluding hydrogens is 451 g/mol. The highest BCUT2D eigenvalue weighted by Crippen LogP contribution is 2.40. The van der Waals surface area contributed by atoms with Gasteiger partial charge in [-0.05, 0) is 25.5 Å². The van der Waals surface area contributed by atoms with Crippen LogP contribution in [0.3, 0.4) is 0 Å². The van der Waals surface area contributed by atoms with Crippen molar-refractivity contribution in [2.45, 2.75) is 13.8 Å². The molecule has 0 aliphatic carbocycles. The van der Waals surface area contributed by atoms with Crippen molar-refractivity contribution >= 4 is 68.1 Å². The zero-order valence-corrected chi connectivity index (χ0v) is 18.7. The van der Waals surface area contributed by atoms with Crippen molar-refractivity contribution in [1.82, 2.24) is 9.97 Å². The maximum Gasteiger partial charge on any atom is 0.325 e. The molecule has 0 atom stereocenters. The molecule has 3 rings (SSSR count). The first-order chi connectivity index (χ1) is 14.4. The standard InChI is InChI=1S/C19H18Cl2N4O4S/c1-4-29-12(26)6-22-18-17-15(23-8-24-18)10(7-30-17)19(27)25-16-13(20)9(2)5-11(28-3)14(16)21/h5,7-8H,4,6H2,1-3H3,(H,25,27)(H,22,23,24). The SMILES string of the molecule is CCOC(=O)CNc1ncnc2c(C(=O)Nc3c(Cl)c(C)cc(OC)c3Cl)csc12. The zero-order valence-electron chi connectivity index (χ0n) is 16.3. The fraction of sp³-hybridized carbons (Fsp3) is 0.263. The number of fused-ring (bicyclic) bond motifs is 1. The molecular formula is C19H18Cl2N4O4S. The normalized spacial score (nSPS) is 10.7. The summed E-state index contributed by atoms with van der Waals surface area (Å²) in [6.45, 7) is 3.75. The van der Waals surface area contributed by atoms with Crippen LogP contribution < -0.4 is 15.4 Å². The number of rotatable bonds is 7. The maximum atomic E-state index is 12.9. The van der Waals surface area contributed by atoms with Crippen molar-refractivity contribution in [3.63, 3.8) is 0 Å². The van der Waals surface area contributed by atoms with Crippen LogP contribution in [0, 0.1) is 6.92 Å². The molecule has 0 spiro atoms. The van der Waals surface area contributed by atoms with E-state index < -0.39 is 11.9 Å². The summed E-state index contributed by atoms with van der Waals surface area (Å²) in [5.74, 6) is -0.00794. The largest absolute Gasteiger partial charge is 0.495 e. The Hall–Kier alpha value is -2.62. The predicted octanol–water partition coefficient (Wildman–Crippen LogP) is 4.54. The molecule has 11 heteroatoms. The number of benzene rings is 1. The van der Waals surface area contributed by atoms with E-state index in [1.165, 1.54) is 24.8 Å². The molecule has 0 unspecified atom stereocenters. The second-order valence-electron chi connectivity index (χ2n) is 6.06. The van der Waals surface area contributed by atoms with Crippen molar-refractivity contribution in [1.29, 1.82) is 0 Å². The summed E-state index contributed by atoms with van der Waals surface area (Å²) in [6.07, 6.45) is 1.31. The lowest BCUT2D eigenvalue weighted by molar-refractivity contribution is -0.140. The average Bonchev–Trinajstić information content (AvgIpc) is 3.17. The van der Waals surface area contributed by atoms with E-state index >= 15 is 0 Å². The molecule has 0 aliphatic rings. The van der Waals surface area contributed by atoms with Gasteiger partial charge in [-0.25, -0.2) is 9.97 Å². The highest BCUT2D eigenvalue weighted by atomic mass is 35.5. The summed E-state index contributed by atoms with van der Waals surface area (Å²) in [4.78, 5) is 32.9. The minimum Gasteiger partial charge on any atom is -0.495 e. The second kappa shape index (κ2) is 9.46. The third-order valence-corrected chi connectivity index (χ3v) is 5.95. The van der Waals surface area contributed by atoms with Gasteiger partial charge in [0.05, 0.1) is 40.2 Å². The van der Waals surface area contributed by atoms with Gasteiger partial charge in [-0.15, -0.1) is 11.3 Å². The Morgan fingerprint density at radius 1 is 1.23 bits per heavy atom. The van der Waals surface area contributed by atoms with E-state index in [0.29, 0.717) is 37.9 Å². The van der Waals surface area contributed by atoms with E-state index in [0.717, 1.165) is 0 Å². The highest BCUT2D eigenvalue weighted by Gasteiger charge is 2.21. The topological polar surface area (TPSA) is 102 Å². The molecule has 0 aliphatic heterocycles. The summed E-state index contributed by atoms with van der Waals surface area (Å²) >= 11 is 13.9. The van der Waals surface area contributed by atoms with Crippen molar-refractivity contribution in [3.8, 4) is 5.75 Å². The van der Waals surface area contributed by atoms with Crippen LogP contribution in [0.1, 0.15) is 22.8 Å². The molecule has 1 amide bonds. The number of aromatic nitrogens is 2. The van der Waals surface area contributed by atoms with Crippen molar-refractivity contribution in [2.75, 3.05) is 30.9 Å². The third-order valence-electron chi connectivity index (χ3n) is 4.11. The van der Waals surface area contributed by atoms with Crippen LogP contribution in [0.5, 0.6) is 5.75 Å². The molecule has 2 aromatic heterocycles. The molecule has 3 aromatic rings. The zero-order chi connectivity index (χ0) is 21.8. The van der Waals surface area contributed by atoms with Gasteiger partial charge in [0.1, 0.15) is 29.5 Å². The first-order valence-corrected chi connectivity index (χ1v) is 10.5. The van der Waals surface area contributed by atoms with Gasteiger partial charge in [-0.3, -0.25) is 9.59 Å². The molecule has 158 valence electrons. The van der Waals surface area contributed by atoms with Crippen LogP contribution in [-0.4, -0.2) is 42.1 Å². The number of ether oxygens (including phenoxy) is 2. The van der Waals surface area contributed by atoms with E-state index in [4.69, 9.17) is 32.7 Å². The molecule has 2 N–H and O–H groups in total. The number of nitrogens with zero attached hydrogens (tertiary/aromatic N) is 2. The van der Waals surface area contributed by atoms with Gasteiger partial charge in [0.2, 0.25) is 0 Å². The Kier molecular flexibility index (Phi) is 6.96. The molecule has 1 aromatic carbocycles. The molecule has 8 nitrogen and oxygen atoms in total. The Labute approximate surface area is 186 Å². The number of amides is 1. The van der Waals surface area contributed by atoms with Crippen molar-refractivity contribution in [3.05, 3.63) is 38.9 Å². The molecule has 0 saturated carbocycles. The molecule has 2 heterocycles. The maximum absolute atomic E-state index is 12.9. The summed E-state index contributed by atoms with van der Waals surface area (Å²) in [6, 6.07) is 1.69. The number of nitrogens with one attached hydrogen (secondary N) is 2. The number of hydrogen-bond acceptors (Lipinski definition) is 8. The lowest BCUT2D eigenvalue weighted by Gasteiger charge is -2.14. The Morgan fingerprint density at radius 2 is 2.00 bits per heavy atom. The van der Waals surface area contributed by atoms with E-state index in [9.17, 15) is 9.59 Å². The molecule has 0 saturated heterocycles. The number of anilines is 2. The highest BCUT2D eigenvalue weighted by molar-refractivity contribution is 7.18. The van der Waals surface area contributed by atoms with Crippen LogP contribution in [0.15, 0.2) is 17.8 Å². The Morgan fingerprint density at radius 3 is 2.70 bits per heavy atom. The molecule has 0 bridgehead atoms. The number of thiophene rings is 1. The molecule has 30 heavy (non-hydrogen) atoms. The fourth-order valence-electron chi connectivity index (χ4n) is 2.69. The van der Waals surface area contributed by atoms with Gasteiger partial charge in [0.25, 0.3) is 5.91 Å². The number of methoxy groups -OCH3 is 1. The van der Waals surface area contributed by atoms with Crippen LogP contribution in [-0.2, 0) is 9.53 Å². The first kappa shape index (κ1) is 22.1. The Balaban J connectivity index is 1.90. The van der Waals surface area contributed by atoms with Crippen molar-refractivity contribution < 1.29 is 19.1 Å². The van der Waals surface area contributed by atoms with Gasteiger partial charge in [-0.2, -0.15) is 0 Å². The van der Waals surface area contributed by atoms with Gasteiger partial charge in [-0.1, -0.05) is 23.2 Å². The minimum atomic E-state index is -0.437. The predicted molar refractivity (Wildman–Crippen MR) is 118 cm³/mol. The summed E-state index contributed by atoms with van der Waals surface area (Å²) in [7, 11) is 1.48. The van der Waals surface area contributed by atoms with E-state index in [1.54, 1.807) is 25.3 Å². The monoisotopic (exact) mass is 468 g/mol. The lowest BCUT2D eigenvalue weighted by atomic mass is 10.2. The summed E-state index contributed by atoms with van der Waals surface area (Å²) in [5, 5.41) is 7.83. The number of carbonyl (C=O) groups excluding carboxylic acids is 2. The van der Waals surface area contributed by atoms with Gasteiger partial charge in [0.15, 0.2) is 0 Å². The van der Waals surface area contributed by atoms with Crippen LogP contribution in [0.25, 0.3) is 10.2 Å². The minimum absolute atomic E-state index is 0.0479. The lowest BCUT2D eigenvalue weighted by Crippen LogP contribution is -2.17. The number of esters is 1. The van der Waals surface area contributed by atoms with E-state index in [-0.39, 0.29) is 23.9 Å². The first-order valence-electron chi connectivity index (χ1n) is 8.83. The fourth-order valence-corrected chi connectivity index (χ4v) is 4.17. The second-order valence-corrected chi connectivity index (χ2v) is 7.70. The summed E-state index contributed by atoms with van der Waals surface area (Å²) < 4.78 is 10.8. The van der Waals surface area contributed by atoms with Crippen LogP contribution in [0.4, 0.5) is 11.5 Å². The van der Waals surface area contributed by atoms with Crippen LogP contribution >= 0.6 is 34.5 Å². The summed E-state index contributed by atoms with van der Waals surface area (Å²) in [5.41, 5.74) is 1.72. The van der Waals surface area contributed by atoms with Gasteiger partial charge < -0.3 is 20.1 Å². The van der Waals surface area contributed by atoms with Crippen LogP contribution in [0.2, 0.25) is 10.0 Å². The third kappa shape index (κ3) is 4.43. The molecule has 0 fully saturated rings.